The van der Waals surface area contributed by atoms with Gasteiger partial charge in [0.15, 0.2) is 0 Å². The van der Waals surface area contributed by atoms with Crippen LogP contribution in [0.1, 0.15) is 38.5 Å². The van der Waals surface area contributed by atoms with Crippen LogP contribution >= 0.6 is 22.6 Å². The molecule has 0 bridgehead atoms. The molecule has 1 saturated carbocycles. The minimum absolute atomic E-state index is 0.983. The summed E-state index contributed by atoms with van der Waals surface area (Å²) in [7, 11) is 0. The third-order valence-corrected chi connectivity index (χ3v) is 4.47. The van der Waals surface area contributed by atoms with Crippen LogP contribution in [0.4, 0.5) is 0 Å². The number of hydrogen-bond acceptors (Lipinski definition) is 1. The Morgan fingerprint density at radius 1 is 1.15 bits per heavy atom. The number of nitrogens with zero attached hydrogens (tertiary/aromatic N) is 1. The quantitative estimate of drug-likeness (QED) is 0.571. The molecule has 0 amide bonds. The predicted octanol–water partition coefficient (Wildman–Crippen LogP) is 3.08. The minimum Gasteiger partial charge on any atom is -0.300 e. The van der Waals surface area contributed by atoms with Gasteiger partial charge in [0.2, 0.25) is 0 Å². The summed E-state index contributed by atoms with van der Waals surface area (Å²) in [4.78, 5) is 2.77. The largest absolute Gasteiger partial charge is 0.300 e. The lowest BCUT2D eigenvalue weighted by Gasteiger charge is -2.31. The number of hydrogen-bond donors (Lipinski definition) is 0. The van der Waals surface area contributed by atoms with Crippen molar-refractivity contribution in [3.05, 3.63) is 0 Å². The fraction of sp³-hybridized carbons (Fsp3) is 1.00. The molecule has 0 radical (unpaired) electrons. The molecule has 1 aliphatic carbocycles. The van der Waals surface area contributed by atoms with Crippen LogP contribution in [0.2, 0.25) is 0 Å². The van der Waals surface area contributed by atoms with Gasteiger partial charge in [-0.15, -0.1) is 0 Å². The highest BCUT2D eigenvalue weighted by atomic mass is 127. The lowest BCUT2D eigenvalue weighted by molar-refractivity contribution is 0.183. The van der Waals surface area contributed by atoms with E-state index in [1.54, 1.807) is 0 Å². The van der Waals surface area contributed by atoms with E-state index in [4.69, 9.17) is 0 Å². The summed E-state index contributed by atoms with van der Waals surface area (Å²) in [6, 6.07) is 0.983. The molecule has 0 spiro atoms. The first-order chi connectivity index (χ1) is 6.42. The van der Waals surface area contributed by atoms with Crippen molar-refractivity contribution in [3.63, 3.8) is 0 Å². The van der Waals surface area contributed by atoms with Crippen LogP contribution in [0.15, 0.2) is 0 Å². The van der Waals surface area contributed by atoms with Gasteiger partial charge in [0, 0.05) is 10.5 Å². The third kappa shape index (κ3) is 2.38. The average Bonchev–Trinajstić information content (AvgIpc) is 2.58. The van der Waals surface area contributed by atoms with Gasteiger partial charge in [-0.25, -0.2) is 0 Å². The van der Waals surface area contributed by atoms with E-state index in [1.165, 1.54) is 56.0 Å². The first kappa shape index (κ1) is 10.2. The molecule has 13 heavy (non-hydrogen) atoms. The zero-order valence-electron chi connectivity index (χ0n) is 8.34. The zero-order valence-corrected chi connectivity index (χ0v) is 10.5. The molecule has 0 aromatic rings. The fourth-order valence-electron chi connectivity index (χ4n) is 3.04. The number of fused-ring (bicyclic) bond motifs is 1. The topological polar surface area (TPSA) is 3.24 Å². The van der Waals surface area contributed by atoms with Crippen molar-refractivity contribution < 1.29 is 0 Å². The Morgan fingerprint density at radius 3 is 2.85 bits per heavy atom. The summed E-state index contributed by atoms with van der Waals surface area (Å²) >= 11 is 2.49. The van der Waals surface area contributed by atoms with Gasteiger partial charge >= 0.3 is 0 Å². The summed E-state index contributed by atoms with van der Waals surface area (Å²) in [5.74, 6) is 1.07. The highest BCUT2D eigenvalue weighted by molar-refractivity contribution is 14.1. The lowest BCUT2D eigenvalue weighted by atomic mass is 9.85. The molecule has 0 N–H and O–H groups in total. The van der Waals surface area contributed by atoms with Crippen LogP contribution in [0.5, 0.6) is 0 Å². The van der Waals surface area contributed by atoms with E-state index in [0.717, 1.165) is 12.0 Å². The number of alkyl halides is 1. The van der Waals surface area contributed by atoms with E-state index in [2.05, 4.69) is 27.5 Å². The summed E-state index contributed by atoms with van der Waals surface area (Å²) in [5.41, 5.74) is 0. The summed E-state index contributed by atoms with van der Waals surface area (Å²) < 4.78 is 1.33. The van der Waals surface area contributed by atoms with Gasteiger partial charge in [-0.3, -0.25) is 0 Å². The van der Waals surface area contributed by atoms with Crippen molar-refractivity contribution >= 4 is 22.6 Å². The molecule has 2 heteroatoms. The van der Waals surface area contributed by atoms with Crippen LogP contribution in [0.25, 0.3) is 0 Å². The molecule has 2 rings (SSSR count). The zero-order chi connectivity index (χ0) is 9.10. The van der Waals surface area contributed by atoms with Gasteiger partial charge in [-0.05, 0) is 44.7 Å². The smallest absolute Gasteiger partial charge is 0.0124 e. The SMILES string of the molecule is ICCCN1CCC2CCCCC21. The molecular formula is C11H20IN. The molecule has 1 heterocycles. The first-order valence-electron chi connectivity index (χ1n) is 5.72. The van der Waals surface area contributed by atoms with Gasteiger partial charge < -0.3 is 4.90 Å². The van der Waals surface area contributed by atoms with Crippen molar-refractivity contribution in [3.8, 4) is 0 Å². The lowest BCUT2D eigenvalue weighted by Crippen LogP contribution is -2.35. The van der Waals surface area contributed by atoms with Gasteiger partial charge in [0.1, 0.15) is 0 Å². The molecule has 2 atom stereocenters. The summed E-state index contributed by atoms with van der Waals surface area (Å²) in [6.45, 7) is 2.76. The Bertz CT molecular complexity index is 160. The van der Waals surface area contributed by atoms with Gasteiger partial charge in [0.25, 0.3) is 0 Å². The molecule has 76 valence electrons. The first-order valence-corrected chi connectivity index (χ1v) is 7.24. The van der Waals surface area contributed by atoms with E-state index in [0.29, 0.717) is 0 Å². The molecule has 2 aliphatic rings. The van der Waals surface area contributed by atoms with Crippen molar-refractivity contribution in [2.75, 3.05) is 17.5 Å². The molecule has 1 saturated heterocycles. The second kappa shape index (κ2) is 4.96. The van der Waals surface area contributed by atoms with Gasteiger partial charge in [-0.2, -0.15) is 0 Å². The van der Waals surface area contributed by atoms with E-state index in [9.17, 15) is 0 Å². The van der Waals surface area contributed by atoms with E-state index < -0.39 is 0 Å². The van der Waals surface area contributed by atoms with Crippen molar-refractivity contribution in [2.45, 2.75) is 44.6 Å². The number of rotatable bonds is 3. The van der Waals surface area contributed by atoms with Crippen LogP contribution in [0, 0.1) is 5.92 Å². The number of halogens is 1. The Labute approximate surface area is 95.4 Å². The third-order valence-electron chi connectivity index (χ3n) is 3.70. The van der Waals surface area contributed by atoms with Crippen LogP contribution in [-0.4, -0.2) is 28.5 Å². The summed E-state index contributed by atoms with van der Waals surface area (Å²) in [6.07, 6.45) is 8.89. The van der Waals surface area contributed by atoms with Gasteiger partial charge in [0.05, 0.1) is 0 Å². The van der Waals surface area contributed by atoms with E-state index in [1.807, 2.05) is 0 Å². The Kier molecular flexibility index (Phi) is 3.90. The Balaban J connectivity index is 1.84. The highest BCUT2D eigenvalue weighted by Gasteiger charge is 2.34. The van der Waals surface area contributed by atoms with Crippen molar-refractivity contribution in [1.29, 1.82) is 0 Å². The number of likely N-dealkylation sites (tertiary alicyclic amines) is 1. The molecule has 1 aliphatic heterocycles. The Morgan fingerprint density at radius 2 is 2.00 bits per heavy atom. The van der Waals surface area contributed by atoms with E-state index >= 15 is 0 Å². The average molecular weight is 293 g/mol. The monoisotopic (exact) mass is 293 g/mol. The molecule has 0 aromatic carbocycles. The maximum atomic E-state index is 2.77. The Hall–Kier alpha value is 0.690. The molecule has 1 nitrogen and oxygen atoms in total. The molecular weight excluding hydrogens is 273 g/mol. The van der Waals surface area contributed by atoms with E-state index in [-0.39, 0.29) is 0 Å². The minimum atomic E-state index is 0.983. The van der Waals surface area contributed by atoms with Crippen LogP contribution < -0.4 is 0 Å². The van der Waals surface area contributed by atoms with Crippen LogP contribution in [0.3, 0.4) is 0 Å². The van der Waals surface area contributed by atoms with Crippen LogP contribution in [-0.2, 0) is 0 Å². The maximum Gasteiger partial charge on any atom is 0.0124 e. The summed E-state index contributed by atoms with van der Waals surface area (Å²) in [5, 5.41) is 0. The molecule has 2 fully saturated rings. The second-order valence-corrected chi connectivity index (χ2v) is 5.56. The molecule has 2 unspecified atom stereocenters. The second-order valence-electron chi connectivity index (χ2n) is 4.48. The normalized spacial score (nSPS) is 34.8. The van der Waals surface area contributed by atoms with Crippen molar-refractivity contribution in [2.24, 2.45) is 5.92 Å². The van der Waals surface area contributed by atoms with Crippen molar-refractivity contribution in [1.82, 2.24) is 4.90 Å². The standard InChI is InChI=1S/C11H20IN/c12-7-3-8-13-9-6-10-4-1-2-5-11(10)13/h10-11H,1-9H2. The predicted molar refractivity (Wildman–Crippen MR) is 65.4 cm³/mol. The molecule has 0 aromatic heterocycles. The fourth-order valence-corrected chi connectivity index (χ4v) is 3.38. The highest BCUT2D eigenvalue weighted by Crippen LogP contribution is 2.35. The van der Waals surface area contributed by atoms with Gasteiger partial charge in [-0.1, -0.05) is 35.4 Å². The maximum absolute atomic E-state index is 2.77.